The molecule has 0 aliphatic heterocycles. The van der Waals surface area contributed by atoms with Gasteiger partial charge in [0.1, 0.15) is 11.8 Å². The topological polar surface area (TPSA) is 194 Å². The Hall–Kier alpha value is -2.74. The number of phenols is 1. The number of carbonyl (C=O) groups is 3. The summed E-state index contributed by atoms with van der Waals surface area (Å²) in [7, 11) is -1.74. The summed E-state index contributed by atoms with van der Waals surface area (Å²) in [6.07, 6.45) is -0.371. The molecule has 0 saturated heterocycles. The molecule has 0 aliphatic rings. The van der Waals surface area contributed by atoms with Gasteiger partial charge in [-0.05, 0) is 38.0 Å². The van der Waals surface area contributed by atoms with E-state index in [9.17, 15) is 19.5 Å². The number of carboxylic acid groups (broad SMARTS) is 1. The standard InChI is InChI=1S/C18H27BN4O7S/c1-9(21-17(28)13(20)7-11-3-5-12(24)6-4-11)16(27)23-14(8-15(25)26)18(31)22-10(2)19(29)30/h3-6,9-10,13-14,24,29-30H,7-8,20H2,1-2H3,(H,21,28)(H,22,31)(H,23,27)(H,25,26)/t9-,10-,13-,14-/m0/s1. The highest BCUT2D eigenvalue weighted by Crippen LogP contribution is 2.11. The average molecular weight is 454 g/mol. The van der Waals surface area contributed by atoms with Crippen molar-refractivity contribution >= 4 is 42.1 Å². The SMILES string of the molecule is C[C@H](NC(=S)[C@H](CC(=O)O)NC(=O)[C@H](C)NC(=O)[C@@H](N)Cc1ccc(O)cc1)B(O)O. The smallest absolute Gasteiger partial charge is 0.475 e. The second-order valence-corrected chi connectivity index (χ2v) is 7.52. The third-order valence-corrected chi connectivity index (χ3v) is 4.71. The number of hydrogen-bond donors (Lipinski definition) is 8. The molecule has 13 heteroatoms. The van der Waals surface area contributed by atoms with Crippen LogP contribution in [-0.4, -0.2) is 74.2 Å². The van der Waals surface area contributed by atoms with Crippen LogP contribution in [0, 0.1) is 0 Å². The number of carbonyl (C=O) groups excluding carboxylic acids is 2. The van der Waals surface area contributed by atoms with E-state index in [2.05, 4.69) is 16.0 Å². The van der Waals surface area contributed by atoms with Gasteiger partial charge < -0.3 is 41.9 Å². The number of nitrogens with two attached hydrogens (primary N) is 1. The number of phenolic OH excluding ortho intramolecular Hbond substituents is 1. The van der Waals surface area contributed by atoms with Gasteiger partial charge in [0.2, 0.25) is 11.8 Å². The van der Waals surface area contributed by atoms with Crippen LogP contribution in [0.3, 0.4) is 0 Å². The zero-order chi connectivity index (χ0) is 23.7. The molecule has 0 bridgehead atoms. The van der Waals surface area contributed by atoms with E-state index in [4.69, 9.17) is 33.1 Å². The van der Waals surface area contributed by atoms with Crippen molar-refractivity contribution in [1.29, 1.82) is 0 Å². The zero-order valence-electron chi connectivity index (χ0n) is 17.1. The van der Waals surface area contributed by atoms with Crippen molar-refractivity contribution < 1.29 is 34.6 Å². The second kappa shape index (κ2) is 12.2. The van der Waals surface area contributed by atoms with Gasteiger partial charge in [0.05, 0.1) is 29.4 Å². The third kappa shape index (κ3) is 9.30. The Kier molecular flexibility index (Phi) is 10.4. The molecular formula is C18H27BN4O7S. The van der Waals surface area contributed by atoms with Crippen LogP contribution < -0.4 is 21.7 Å². The van der Waals surface area contributed by atoms with Crippen molar-refractivity contribution in [3.8, 4) is 5.75 Å². The number of carboxylic acids is 1. The van der Waals surface area contributed by atoms with E-state index in [1.165, 1.54) is 26.0 Å². The lowest BCUT2D eigenvalue weighted by molar-refractivity contribution is -0.137. The highest BCUT2D eigenvalue weighted by molar-refractivity contribution is 7.80. The number of rotatable bonds is 11. The van der Waals surface area contributed by atoms with Crippen LogP contribution in [0.15, 0.2) is 24.3 Å². The molecule has 1 aromatic carbocycles. The van der Waals surface area contributed by atoms with Crippen LogP contribution in [0.5, 0.6) is 5.75 Å². The first-order valence-electron chi connectivity index (χ1n) is 9.43. The Morgan fingerprint density at radius 1 is 1.06 bits per heavy atom. The molecule has 0 radical (unpaired) electrons. The Morgan fingerprint density at radius 2 is 1.65 bits per heavy atom. The van der Waals surface area contributed by atoms with E-state index in [0.717, 1.165) is 5.56 Å². The lowest BCUT2D eigenvalue weighted by Crippen LogP contribution is -2.56. The van der Waals surface area contributed by atoms with Crippen LogP contribution in [0.4, 0.5) is 0 Å². The zero-order valence-corrected chi connectivity index (χ0v) is 17.9. The van der Waals surface area contributed by atoms with E-state index in [-0.39, 0.29) is 17.2 Å². The minimum absolute atomic E-state index is 0.0817. The Bertz CT molecular complexity index is 794. The molecule has 0 saturated carbocycles. The summed E-state index contributed by atoms with van der Waals surface area (Å²) < 4.78 is 0. The van der Waals surface area contributed by atoms with Crippen molar-refractivity contribution in [3.05, 3.63) is 29.8 Å². The van der Waals surface area contributed by atoms with E-state index in [0.29, 0.717) is 0 Å². The predicted molar refractivity (Wildman–Crippen MR) is 117 cm³/mol. The van der Waals surface area contributed by atoms with Gasteiger partial charge in [-0.15, -0.1) is 0 Å². The maximum Gasteiger partial charge on any atom is 0.475 e. The number of aliphatic carboxylic acids is 1. The summed E-state index contributed by atoms with van der Waals surface area (Å²) in [5, 5.41) is 44.0. The van der Waals surface area contributed by atoms with Gasteiger partial charge in [-0.3, -0.25) is 14.4 Å². The first kappa shape index (κ1) is 26.3. The monoisotopic (exact) mass is 454 g/mol. The van der Waals surface area contributed by atoms with Gasteiger partial charge in [0.15, 0.2) is 0 Å². The molecule has 31 heavy (non-hydrogen) atoms. The fourth-order valence-corrected chi connectivity index (χ4v) is 2.77. The van der Waals surface area contributed by atoms with Gasteiger partial charge in [0.25, 0.3) is 0 Å². The molecule has 170 valence electrons. The number of nitrogens with one attached hydrogen (secondary N) is 3. The Morgan fingerprint density at radius 3 is 2.16 bits per heavy atom. The molecule has 0 fully saturated rings. The maximum atomic E-state index is 12.4. The number of amides is 2. The van der Waals surface area contributed by atoms with E-state index < -0.39 is 55.4 Å². The number of aromatic hydroxyl groups is 1. The van der Waals surface area contributed by atoms with Crippen LogP contribution in [-0.2, 0) is 20.8 Å². The maximum absolute atomic E-state index is 12.4. The molecule has 0 unspecified atom stereocenters. The molecule has 9 N–H and O–H groups in total. The van der Waals surface area contributed by atoms with E-state index >= 15 is 0 Å². The molecule has 1 rings (SSSR count). The minimum atomic E-state index is -1.74. The van der Waals surface area contributed by atoms with Crippen molar-refractivity contribution in [3.63, 3.8) is 0 Å². The fourth-order valence-electron chi connectivity index (χ4n) is 2.44. The summed E-state index contributed by atoms with van der Waals surface area (Å²) in [5.41, 5.74) is 6.59. The van der Waals surface area contributed by atoms with Crippen molar-refractivity contribution in [1.82, 2.24) is 16.0 Å². The Labute approximate surface area is 185 Å². The highest BCUT2D eigenvalue weighted by atomic mass is 32.1. The lowest BCUT2D eigenvalue weighted by Gasteiger charge is -2.24. The minimum Gasteiger partial charge on any atom is -0.508 e. The van der Waals surface area contributed by atoms with Gasteiger partial charge in [-0.1, -0.05) is 24.4 Å². The molecule has 0 aliphatic carbocycles. The van der Waals surface area contributed by atoms with Crippen LogP contribution >= 0.6 is 12.2 Å². The number of thiocarbonyl (C=S) groups is 1. The van der Waals surface area contributed by atoms with Crippen LogP contribution in [0.2, 0.25) is 0 Å². The summed E-state index contributed by atoms with van der Waals surface area (Å²) in [6.45, 7) is 2.81. The molecule has 2 amide bonds. The quantitative estimate of drug-likeness (QED) is 0.137. The summed E-state index contributed by atoms with van der Waals surface area (Å²) >= 11 is 5.07. The van der Waals surface area contributed by atoms with E-state index in [1.807, 2.05) is 0 Å². The molecular weight excluding hydrogens is 427 g/mol. The lowest BCUT2D eigenvalue weighted by atomic mass is 9.81. The number of hydrogen-bond acceptors (Lipinski definition) is 8. The molecule has 1 aromatic rings. The molecule has 0 spiro atoms. The predicted octanol–water partition coefficient (Wildman–Crippen LogP) is -1.96. The molecule has 0 aromatic heterocycles. The van der Waals surface area contributed by atoms with Crippen LogP contribution in [0.1, 0.15) is 25.8 Å². The second-order valence-electron chi connectivity index (χ2n) is 7.08. The molecule has 0 heterocycles. The van der Waals surface area contributed by atoms with Gasteiger partial charge in [-0.2, -0.15) is 0 Å². The first-order valence-corrected chi connectivity index (χ1v) is 9.84. The third-order valence-electron chi connectivity index (χ3n) is 4.31. The van der Waals surface area contributed by atoms with Crippen molar-refractivity contribution in [2.24, 2.45) is 5.73 Å². The van der Waals surface area contributed by atoms with Crippen LogP contribution in [0.25, 0.3) is 0 Å². The molecule has 11 nitrogen and oxygen atoms in total. The molecule has 4 atom stereocenters. The summed E-state index contributed by atoms with van der Waals surface area (Å²) in [4.78, 5) is 35.7. The average Bonchev–Trinajstić information content (AvgIpc) is 2.68. The normalized spacial score (nSPS) is 14.5. The largest absolute Gasteiger partial charge is 0.508 e. The Balaban J connectivity index is 2.68. The first-order chi connectivity index (χ1) is 14.4. The van der Waals surface area contributed by atoms with Gasteiger partial charge in [-0.25, -0.2) is 0 Å². The van der Waals surface area contributed by atoms with Crippen molar-refractivity contribution in [2.75, 3.05) is 0 Å². The summed E-state index contributed by atoms with van der Waals surface area (Å²) in [5.74, 6) is -3.34. The fraction of sp³-hybridized carbons (Fsp3) is 0.444. The van der Waals surface area contributed by atoms with Crippen molar-refractivity contribution in [2.45, 2.75) is 50.8 Å². The number of benzene rings is 1. The van der Waals surface area contributed by atoms with E-state index in [1.54, 1.807) is 12.1 Å². The highest BCUT2D eigenvalue weighted by Gasteiger charge is 2.28. The summed E-state index contributed by atoms with van der Waals surface area (Å²) in [6, 6.07) is 3.04. The van der Waals surface area contributed by atoms with Gasteiger partial charge in [0, 0.05) is 0 Å². The van der Waals surface area contributed by atoms with Gasteiger partial charge >= 0.3 is 13.1 Å².